The molecule has 1 aliphatic rings. The minimum atomic E-state index is -0.288. The molecule has 6 heteroatoms. The molecule has 1 saturated heterocycles. The molecule has 0 bridgehead atoms. The van der Waals surface area contributed by atoms with Gasteiger partial charge in [0.05, 0.1) is 0 Å². The standard InChI is InChI=1S/C17H18N4O2/c1-12(22)13-4-6-14(7-5-13)20-17(23)15-10-16(19-11-18-15)21-8-2-3-9-21/h4-7,10-11H,2-3,8-9H2,1H3,(H,20,23). The SMILES string of the molecule is CC(=O)c1ccc(NC(=O)c2cc(N3CCCC3)ncn2)cc1. The number of nitrogens with one attached hydrogen (secondary N) is 1. The van der Waals surface area contributed by atoms with E-state index in [1.807, 2.05) is 0 Å². The summed E-state index contributed by atoms with van der Waals surface area (Å²) in [5.41, 5.74) is 1.57. The van der Waals surface area contributed by atoms with Crippen LogP contribution in [0.1, 0.15) is 40.6 Å². The number of Topliss-reactive ketones (excluding diaryl/α,β-unsaturated/α-hetero) is 1. The summed E-state index contributed by atoms with van der Waals surface area (Å²) >= 11 is 0. The van der Waals surface area contributed by atoms with Gasteiger partial charge in [-0.3, -0.25) is 9.59 Å². The average Bonchev–Trinajstić information content (AvgIpc) is 3.10. The molecule has 1 N–H and O–H groups in total. The van der Waals surface area contributed by atoms with E-state index >= 15 is 0 Å². The molecule has 1 aliphatic heterocycles. The zero-order valence-corrected chi connectivity index (χ0v) is 13.0. The number of amides is 1. The Morgan fingerprint density at radius 3 is 2.43 bits per heavy atom. The van der Waals surface area contributed by atoms with Crippen LogP contribution in [0.3, 0.4) is 0 Å². The van der Waals surface area contributed by atoms with Crippen molar-refractivity contribution in [2.45, 2.75) is 19.8 Å². The lowest BCUT2D eigenvalue weighted by atomic mass is 10.1. The fourth-order valence-corrected chi connectivity index (χ4v) is 2.57. The fourth-order valence-electron chi connectivity index (χ4n) is 2.57. The smallest absolute Gasteiger partial charge is 0.274 e. The van der Waals surface area contributed by atoms with Crippen molar-refractivity contribution in [3.05, 3.63) is 47.9 Å². The summed E-state index contributed by atoms with van der Waals surface area (Å²) in [6, 6.07) is 8.50. The normalized spacial score (nSPS) is 13.9. The molecule has 3 rings (SSSR count). The molecule has 0 atom stereocenters. The van der Waals surface area contributed by atoms with Crippen molar-refractivity contribution in [1.29, 1.82) is 0 Å². The maximum absolute atomic E-state index is 12.3. The zero-order valence-electron chi connectivity index (χ0n) is 13.0. The summed E-state index contributed by atoms with van der Waals surface area (Å²) in [6.45, 7) is 3.43. The Morgan fingerprint density at radius 2 is 1.78 bits per heavy atom. The van der Waals surface area contributed by atoms with Crippen molar-refractivity contribution in [3.63, 3.8) is 0 Å². The Morgan fingerprint density at radius 1 is 1.09 bits per heavy atom. The van der Waals surface area contributed by atoms with Crippen LogP contribution in [-0.4, -0.2) is 34.7 Å². The molecule has 0 spiro atoms. The van der Waals surface area contributed by atoms with E-state index in [-0.39, 0.29) is 11.7 Å². The Kier molecular flexibility index (Phi) is 4.32. The fraction of sp³-hybridized carbons (Fsp3) is 0.294. The van der Waals surface area contributed by atoms with Crippen molar-refractivity contribution < 1.29 is 9.59 Å². The Hall–Kier alpha value is -2.76. The molecule has 0 radical (unpaired) electrons. The third kappa shape index (κ3) is 3.53. The highest BCUT2D eigenvalue weighted by atomic mass is 16.2. The highest BCUT2D eigenvalue weighted by Crippen LogP contribution is 2.18. The number of nitrogens with zero attached hydrogens (tertiary/aromatic N) is 3. The van der Waals surface area contributed by atoms with Crippen LogP contribution in [0.4, 0.5) is 11.5 Å². The summed E-state index contributed by atoms with van der Waals surface area (Å²) < 4.78 is 0. The number of hydrogen-bond acceptors (Lipinski definition) is 5. The van der Waals surface area contributed by atoms with Gasteiger partial charge in [0.25, 0.3) is 5.91 Å². The van der Waals surface area contributed by atoms with E-state index in [1.54, 1.807) is 30.3 Å². The van der Waals surface area contributed by atoms with E-state index in [0.717, 1.165) is 31.7 Å². The van der Waals surface area contributed by atoms with Crippen molar-refractivity contribution in [1.82, 2.24) is 9.97 Å². The first-order valence-electron chi connectivity index (χ1n) is 7.63. The van der Waals surface area contributed by atoms with Crippen LogP contribution < -0.4 is 10.2 Å². The van der Waals surface area contributed by atoms with Crippen molar-refractivity contribution in [2.24, 2.45) is 0 Å². The van der Waals surface area contributed by atoms with Gasteiger partial charge in [0, 0.05) is 30.4 Å². The van der Waals surface area contributed by atoms with Gasteiger partial charge in [-0.25, -0.2) is 9.97 Å². The van der Waals surface area contributed by atoms with Crippen LogP contribution in [0.5, 0.6) is 0 Å². The van der Waals surface area contributed by atoms with E-state index in [9.17, 15) is 9.59 Å². The second-order valence-corrected chi connectivity index (χ2v) is 5.54. The lowest BCUT2D eigenvalue weighted by Crippen LogP contribution is -2.21. The number of hydrogen-bond donors (Lipinski definition) is 1. The van der Waals surface area contributed by atoms with Gasteiger partial charge in [-0.05, 0) is 44.0 Å². The first kappa shape index (κ1) is 15.1. The molecule has 6 nitrogen and oxygen atoms in total. The second kappa shape index (κ2) is 6.56. The van der Waals surface area contributed by atoms with Crippen molar-refractivity contribution in [3.8, 4) is 0 Å². The number of carbonyl (C=O) groups excluding carboxylic acids is 2. The number of carbonyl (C=O) groups is 2. The first-order chi connectivity index (χ1) is 11.1. The van der Waals surface area contributed by atoms with Crippen molar-refractivity contribution in [2.75, 3.05) is 23.3 Å². The quantitative estimate of drug-likeness (QED) is 0.878. The monoisotopic (exact) mass is 310 g/mol. The van der Waals surface area contributed by atoms with E-state index in [4.69, 9.17) is 0 Å². The minimum absolute atomic E-state index is 0.00562. The molecule has 2 heterocycles. The molecule has 1 fully saturated rings. The van der Waals surface area contributed by atoms with Crippen LogP contribution in [0.15, 0.2) is 36.7 Å². The van der Waals surface area contributed by atoms with Crippen LogP contribution >= 0.6 is 0 Å². The molecular formula is C17H18N4O2. The van der Waals surface area contributed by atoms with Crippen LogP contribution in [-0.2, 0) is 0 Å². The molecule has 0 aliphatic carbocycles. The summed E-state index contributed by atoms with van der Waals surface area (Å²) in [6.07, 6.45) is 3.71. The summed E-state index contributed by atoms with van der Waals surface area (Å²) in [4.78, 5) is 34.0. The second-order valence-electron chi connectivity index (χ2n) is 5.54. The molecular weight excluding hydrogens is 292 g/mol. The Balaban J connectivity index is 1.72. The largest absolute Gasteiger partial charge is 0.357 e. The molecule has 23 heavy (non-hydrogen) atoms. The van der Waals surface area contributed by atoms with Gasteiger partial charge >= 0.3 is 0 Å². The predicted octanol–water partition coefficient (Wildman–Crippen LogP) is 2.53. The molecule has 118 valence electrons. The van der Waals surface area contributed by atoms with Gasteiger partial charge in [0.15, 0.2) is 5.78 Å². The zero-order chi connectivity index (χ0) is 16.2. The molecule has 0 saturated carbocycles. The van der Waals surface area contributed by atoms with Crippen LogP contribution in [0, 0.1) is 0 Å². The third-order valence-electron chi connectivity index (χ3n) is 3.86. The van der Waals surface area contributed by atoms with E-state index in [1.165, 1.54) is 13.3 Å². The Labute approximate surface area is 134 Å². The molecule has 1 amide bonds. The lowest BCUT2D eigenvalue weighted by molar-refractivity contribution is 0.101. The maximum atomic E-state index is 12.3. The van der Waals surface area contributed by atoms with Gasteiger partial charge < -0.3 is 10.2 Å². The number of benzene rings is 1. The topological polar surface area (TPSA) is 75.2 Å². The number of ketones is 1. The minimum Gasteiger partial charge on any atom is -0.357 e. The Bertz CT molecular complexity index is 722. The first-order valence-corrected chi connectivity index (χ1v) is 7.63. The number of anilines is 2. The third-order valence-corrected chi connectivity index (χ3v) is 3.86. The number of aromatic nitrogens is 2. The predicted molar refractivity (Wildman–Crippen MR) is 87.9 cm³/mol. The lowest BCUT2D eigenvalue weighted by Gasteiger charge is -2.16. The van der Waals surface area contributed by atoms with Crippen LogP contribution in [0.25, 0.3) is 0 Å². The van der Waals surface area contributed by atoms with Gasteiger partial charge in [-0.1, -0.05) is 0 Å². The summed E-state index contributed by atoms with van der Waals surface area (Å²) in [5, 5.41) is 2.78. The van der Waals surface area contributed by atoms with Gasteiger partial charge in [0.1, 0.15) is 17.8 Å². The molecule has 1 aromatic heterocycles. The van der Waals surface area contributed by atoms with Gasteiger partial charge in [-0.15, -0.1) is 0 Å². The van der Waals surface area contributed by atoms with E-state index < -0.39 is 0 Å². The molecule has 2 aromatic rings. The van der Waals surface area contributed by atoms with E-state index in [0.29, 0.717) is 16.9 Å². The number of rotatable bonds is 4. The van der Waals surface area contributed by atoms with Gasteiger partial charge in [-0.2, -0.15) is 0 Å². The molecule has 0 unspecified atom stereocenters. The van der Waals surface area contributed by atoms with Crippen LogP contribution in [0.2, 0.25) is 0 Å². The van der Waals surface area contributed by atoms with E-state index in [2.05, 4.69) is 20.2 Å². The summed E-state index contributed by atoms with van der Waals surface area (Å²) in [5.74, 6) is 0.493. The maximum Gasteiger partial charge on any atom is 0.274 e. The highest BCUT2D eigenvalue weighted by Gasteiger charge is 2.16. The summed E-state index contributed by atoms with van der Waals surface area (Å²) in [7, 11) is 0. The van der Waals surface area contributed by atoms with Crippen molar-refractivity contribution >= 4 is 23.2 Å². The van der Waals surface area contributed by atoms with Gasteiger partial charge in [0.2, 0.25) is 0 Å². The highest BCUT2D eigenvalue weighted by molar-refractivity contribution is 6.03. The molecule has 1 aromatic carbocycles. The average molecular weight is 310 g/mol.